The van der Waals surface area contributed by atoms with Crippen LogP contribution in [-0.2, 0) is 6.61 Å². The summed E-state index contributed by atoms with van der Waals surface area (Å²) in [7, 11) is 0. The normalized spacial score (nSPS) is 10.1. The third-order valence-electron chi connectivity index (χ3n) is 2.21. The molecule has 0 atom stereocenters. The fraction of sp³-hybridized carbons (Fsp3) is 0.154. The number of nitrogens with zero attached hydrogens (tertiary/aromatic N) is 1. The summed E-state index contributed by atoms with van der Waals surface area (Å²) in [6, 6.07) is 12.0. The predicted molar refractivity (Wildman–Crippen MR) is 66.8 cm³/mol. The Morgan fingerprint density at radius 1 is 1.06 bits per heavy atom. The molecule has 0 saturated carbocycles. The predicted octanol–water partition coefficient (Wildman–Crippen LogP) is 3.38. The Morgan fingerprint density at radius 2 is 1.75 bits per heavy atom. The maximum atomic E-state index is 5.65. The minimum Gasteiger partial charge on any atom is -0.489 e. The maximum Gasteiger partial charge on any atom is 0.119 e. The summed E-state index contributed by atoms with van der Waals surface area (Å²) in [5.41, 5.74) is 1.13. The number of hydrogen-bond acceptors (Lipinski definition) is 3. The zero-order chi connectivity index (χ0) is 11.2. The smallest absolute Gasteiger partial charge is 0.119 e. The summed E-state index contributed by atoms with van der Waals surface area (Å²) in [6.07, 6.45) is 5.61. The SMILES string of the molecule is CSc1ccc(OCc2ccncc2)cc1. The van der Waals surface area contributed by atoms with Crippen LogP contribution in [0.5, 0.6) is 5.75 Å². The fourth-order valence-corrected chi connectivity index (χ4v) is 1.73. The van der Waals surface area contributed by atoms with Gasteiger partial charge in [0.2, 0.25) is 0 Å². The van der Waals surface area contributed by atoms with E-state index in [0.717, 1.165) is 11.3 Å². The monoisotopic (exact) mass is 231 g/mol. The van der Waals surface area contributed by atoms with Crippen molar-refractivity contribution < 1.29 is 4.74 Å². The van der Waals surface area contributed by atoms with Crippen molar-refractivity contribution >= 4 is 11.8 Å². The van der Waals surface area contributed by atoms with Crippen LogP contribution in [0.4, 0.5) is 0 Å². The molecule has 0 radical (unpaired) electrons. The Morgan fingerprint density at radius 3 is 2.38 bits per heavy atom. The molecular formula is C13H13NOS. The molecule has 3 heteroatoms. The first-order valence-corrected chi connectivity index (χ1v) is 6.27. The number of hydrogen-bond donors (Lipinski definition) is 0. The van der Waals surface area contributed by atoms with E-state index >= 15 is 0 Å². The number of thioether (sulfide) groups is 1. The van der Waals surface area contributed by atoms with Gasteiger partial charge in [-0.05, 0) is 48.2 Å². The third kappa shape index (κ3) is 3.00. The number of pyridine rings is 1. The minimum absolute atomic E-state index is 0.584. The first-order valence-electron chi connectivity index (χ1n) is 5.04. The van der Waals surface area contributed by atoms with Crippen LogP contribution in [0.1, 0.15) is 5.56 Å². The van der Waals surface area contributed by atoms with Gasteiger partial charge in [-0.25, -0.2) is 0 Å². The fourth-order valence-electron chi connectivity index (χ4n) is 1.32. The summed E-state index contributed by atoms with van der Waals surface area (Å²) in [6.45, 7) is 0.584. The molecule has 0 fully saturated rings. The molecule has 0 unspecified atom stereocenters. The summed E-state index contributed by atoms with van der Waals surface area (Å²) < 4.78 is 5.65. The molecule has 82 valence electrons. The quantitative estimate of drug-likeness (QED) is 0.753. The molecule has 0 amide bonds. The van der Waals surface area contributed by atoms with Crippen molar-refractivity contribution in [2.45, 2.75) is 11.5 Å². The lowest BCUT2D eigenvalue weighted by atomic mass is 10.3. The largest absolute Gasteiger partial charge is 0.489 e. The molecule has 1 aromatic carbocycles. The van der Waals surface area contributed by atoms with Gasteiger partial charge in [0.15, 0.2) is 0 Å². The topological polar surface area (TPSA) is 22.1 Å². The highest BCUT2D eigenvalue weighted by molar-refractivity contribution is 7.98. The molecule has 1 aromatic heterocycles. The highest BCUT2D eigenvalue weighted by Crippen LogP contribution is 2.19. The lowest BCUT2D eigenvalue weighted by molar-refractivity contribution is 0.306. The van der Waals surface area contributed by atoms with Crippen LogP contribution in [-0.4, -0.2) is 11.2 Å². The molecule has 2 aromatic rings. The summed E-state index contributed by atoms with van der Waals surface area (Å²) in [4.78, 5) is 5.21. The van der Waals surface area contributed by atoms with Crippen LogP contribution in [0.15, 0.2) is 53.7 Å². The minimum atomic E-state index is 0.584. The Bertz CT molecular complexity index is 427. The Hall–Kier alpha value is -1.48. The molecule has 2 rings (SSSR count). The first kappa shape index (κ1) is 11.0. The van der Waals surface area contributed by atoms with Crippen LogP contribution >= 0.6 is 11.8 Å². The lowest BCUT2D eigenvalue weighted by Gasteiger charge is -2.06. The second-order valence-corrected chi connectivity index (χ2v) is 4.20. The van der Waals surface area contributed by atoms with Crippen molar-refractivity contribution in [1.29, 1.82) is 0 Å². The van der Waals surface area contributed by atoms with Crippen molar-refractivity contribution in [3.8, 4) is 5.75 Å². The van der Waals surface area contributed by atoms with Gasteiger partial charge in [0.25, 0.3) is 0 Å². The first-order chi connectivity index (χ1) is 7.88. The highest BCUT2D eigenvalue weighted by atomic mass is 32.2. The second-order valence-electron chi connectivity index (χ2n) is 3.32. The number of benzene rings is 1. The molecular weight excluding hydrogens is 218 g/mol. The molecule has 0 saturated heterocycles. The van der Waals surface area contributed by atoms with Gasteiger partial charge in [-0.15, -0.1) is 11.8 Å². The van der Waals surface area contributed by atoms with Crippen molar-refractivity contribution in [2.24, 2.45) is 0 Å². The molecule has 16 heavy (non-hydrogen) atoms. The summed E-state index contributed by atoms with van der Waals surface area (Å²) in [5.74, 6) is 0.898. The van der Waals surface area contributed by atoms with Crippen molar-refractivity contribution in [3.05, 3.63) is 54.4 Å². The summed E-state index contributed by atoms with van der Waals surface area (Å²) in [5, 5.41) is 0. The van der Waals surface area contributed by atoms with E-state index < -0.39 is 0 Å². The third-order valence-corrected chi connectivity index (χ3v) is 2.96. The average molecular weight is 231 g/mol. The van der Waals surface area contributed by atoms with Gasteiger partial charge < -0.3 is 4.74 Å². The summed E-state index contributed by atoms with van der Waals surface area (Å²) >= 11 is 1.73. The highest BCUT2D eigenvalue weighted by Gasteiger charge is 1.95. The van der Waals surface area contributed by atoms with Gasteiger partial charge in [0.1, 0.15) is 12.4 Å². The Balaban J connectivity index is 1.94. The van der Waals surface area contributed by atoms with Crippen LogP contribution < -0.4 is 4.74 Å². The van der Waals surface area contributed by atoms with E-state index in [1.807, 2.05) is 24.3 Å². The van der Waals surface area contributed by atoms with Crippen LogP contribution in [0.3, 0.4) is 0 Å². The van der Waals surface area contributed by atoms with Crippen molar-refractivity contribution in [1.82, 2.24) is 4.98 Å². The number of rotatable bonds is 4. The lowest BCUT2D eigenvalue weighted by Crippen LogP contribution is -1.94. The number of ether oxygens (including phenoxy) is 1. The number of aromatic nitrogens is 1. The molecule has 0 N–H and O–H groups in total. The van der Waals surface area contributed by atoms with Gasteiger partial charge >= 0.3 is 0 Å². The van der Waals surface area contributed by atoms with E-state index in [1.165, 1.54) is 4.90 Å². The maximum absolute atomic E-state index is 5.65. The van der Waals surface area contributed by atoms with E-state index in [-0.39, 0.29) is 0 Å². The van der Waals surface area contributed by atoms with Gasteiger partial charge in [0, 0.05) is 17.3 Å². The molecule has 0 bridgehead atoms. The standard InChI is InChI=1S/C13H13NOS/c1-16-13-4-2-12(3-5-13)15-10-11-6-8-14-9-7-11/h2-9H,10H2,1H3. The average Bonchev–Trinajstić information content (AvgIpc) is 2.38. The van der Waals surface area contributed by atoms with E-state index in [9.17, 15) is 0 Å². The molecule has 0 aliphatic rings. The van der Waals surface area contributed by atoms with Gasteiger partial charge in [-0.2, -0.15) is 0 Å². The van der Waals surface area contributed by atoms with E-state index in [1.54, 1.807) is 24.2 Å². The van der Waals surface area contributed by atoms with Gasteiger partial charge in [-0.3, -0.25) is 4.98 Å². The molecule has 1 heterocycles. The molecule has 2 nitrogen and oxygen atoms in total. The van der Waals surface area contributed by atoms with E-state index in [4.69, 9.17) is 4.74 Å². The molecule has 0 spiro atoms. The Kier molecular flexibility index (Phi) is 3.83. The zero-order valence-corrected chi connectivity index (χ0v) is 9.91. The van der Waals surface area contributed by atoms with Gasteiger partial charge in [-0.1, -0.05) is 0 Å². The second kappa shape index (κ2) is 5.56. The van der Waals surface area contributed by atoms with Crippen LogP contribution in [0.2, 0.25) is 0 Å². The van der Waals surface area contributed by atoms with Crippen LogP contribution in [0.25, 0.3) is 0 Å². The van der Waals surface area contributed by atoms with Crippen molar-refractivity contribution in [3.63, 3.8) is 0 Å². The zero-order valence-electron chi connectivity index (χ0n) is 9.09. The van der Waals surface area contributed by atoms with Crippen LogP contribution in [0, 0.1) is 0 Å². The van der Waals surface area contributed by atoms with E-state index in [2.05, 4.69) is 23.4 Å². The molecule has 0 aliphatic heterocycles. The van der Waals surface area contributed by atoms with Gasteiger partial charge in [0.05, 0.1) is 0 Å². The van der Waals surface area contributed by atoms with Crippen molar-refractivity contribution in [2.75, 3.05) is 6.26 Å². The molecule has 0 aliphatic carbocycles. The van der Waals surface area contributed by atoms with E-state index in [0.29, 0.717) is 6.61 Å². The Labute approximate surface area is 99.7 Å².